The van der Waals surface area contributed by atoms with E-state index in [1.165, 1.54) is 30.4 Å². The summed E-state index contributed by atoms with van der Waals surface area (Å²) in [7, 11) is 0. The minimum absolute atomic E-state index is 0.388. The van der Waals surface area contributed by atoms with Gasteiger partial charge in [-0.3, -0.25) is 0 Å². The zero-order valence-electron chi connectivity index (χ0n) is 12.4. The second-order valence-corrected chi connectivity index (χ2v) is 5.98. The quantitative estimate of drug-likeness (QED) is 0.901. The minimum Gasteiger partial charge on any atom is -0.489 e. The molecule has 3 rings (SSSR count). The lowest BCUT2D eigenvalue weighted by Crippen LogP contribution is -2.25. The molecule has 2 aromatic carbocycles. The summed E-state index contributed by atoms with van der Waals surface area (Å²) in [6.45, 7) is 0.619. The van der Waals surface area contributed by atoms with Gasteiger partial charge >= 0.3 is 0 Å². The van der Waals surface area contributed by atoms with Crippen molar-refractivity contribution in [3.8, 4) is 5.75 Å². The number of ether oxygens (including phenoxy) is 1. The van der Waals surface area contributed by atoms with Gasteiger partial charge in [0.15, 0.2) is 0 Å². The summed E-state index contributed by atoms with van der Waals surface area (Å²) in [5.41, 5.74) is 8.70. The summed E-state index contributed by atoms with van der Waals surface area (Å²) < 4.78 is 5.81. The Bertz CT molecular complexity index is 550. The summed E-state index contributed by atoms with van der Waals surface area (Å²) in [6, 6.07) is 19.1. The molecule has 110 valence electrons. The maximum atomic E-state index is 6.14. The van der Waals surface area contributed by atoms with Crippen molar-refractivity contribution in [2.75, 3.05) is 0 Å². The Morgan fingerprint density at radius 3 is 2.33 bits per heavy atom. The average molecular weight is 281 g/mol. The van der Waals surface area contributed by atoms with E-state index >= 15 is 0 Å². The number of hydrogen-bond donors (Lipinski definition) is 1. The van der Waals surface area contributed by atoms with Crippen molar-refractivity contribution >= 4 is 0 Å². The van der Waals surface area contributed by atoms with E-state index in [4.69, 9.17) is 10.5 Å². The third kappa shape index (κ3) is 3.85. The van der Waals surface area contributed by atoms with Crippen LogP contribution in [0.15, 0.2) is 54.6 Å². The van der Waals surface area contributed by atoms with Gasteiger partial charge in [0.25, 0.3) is 0 Å². The highest BCUT2D eigenvalue weighted by Crippen LogP contribution is 2.27. The average Bonchev–Trinajstić information content (AvgIpc) is 2.93. The van der Waals surface area contributed by atoms with Crippen molar-refractivity contribution in [3.63, 3.8) is 0 Å². The van der Waals surface area contributed by atoms with Crippen molar-refractivity contribution in [1.29, 1.82) is 0 Å². The Morgan fingerprint density at radius 1 is 0.905 bits per heavy atom. The first-order chi connectivity index (χ1) is 10.3. The molecule has 0 radical (unpaired) electrons. The van der Waals surface area contributed by atoms with E-state index in [1.54, 1.807) is 0 Å². The minimum atomic E-state index is 0.388. The molecule has 1 fully saturated rings. The van der Waals surface area contributed by atoms with Crippen LogP contribution < -0.4 is 10.5 Å². The van der Waals surface area contributed by atoms with Crippen LogP contribution in [0.1, 0.15) is 30.4 Å². The molecule has 2 nitrogen and oxygen atoms in total. The van der Waals surface area contributed by atoms with Gasteiger partial charge in [0, 0.05) is 6.04 Å². The first-order valence-electron chi connectivity index (χ1n) is 7.82. The van der Waals surface area contributed by atoms with Crippen LogP contribution in [0.4, 0.5) is 0 Å². The first-order valence-corrected chi connectivity index (χ1v) is 7.82. The van der Waals surface area contributed by atoms with Gasteiger partial charge in [-0.25, -0.2) is 0 Å². The molecule has 2 atom stereocenters. The molecule has 0 amide bonds. The van der Waals surface area contributed by atoms with Crippen molar-refractivity contribution in [2.24, 2.45) is 11.7 Å². The Morgan fingerprint density at radius 2 is 1.67 bits per heavy atom. The van der Waals surface area contributed by atoms with Crippen LogP contribution in [-0.4, -0.2) is 6.04 Å². The van der Waals surface area contributed by atoms with Crippen molar-refractivity contribution in [3.05, 3.63) is 65.7 Å². The molecule has 2 heteroatoms. The van der Waals surface area contributed by atoms with Crippen molar-refractivity contribution in [1.82, 2.24) is 0 Å². The molecular formula is C19H23NO. The van der Waals surface area contributed by atoms with Gasteiger partial charge < -0.3 is 10.5 Å². The zero-order chi connectivity index (χ0) is 14.5. The molecule has 1 aliphatic rings. The molecule has 0 bridgehead atoms. The van der Waals surface area contributed by atoms with Crippen LogP contribution in [0.2, 0.25) is 0 Å². The van der Waals surface area contributed by atoms with E-state index in [9.17, 15) is 0 Å². The summed E-state index contributed by atoms with van der Waals surface area (Å²) in [4.78, 5) is 0. The summed E-state index contributed by atoms with van der Waals surface area (Å²) in [5, 5.41) is 0. The van der Waals surface area contributed by atoms with Crippen LogP contribution >= 0.6 is 0 Å². The van der Waals surface area contributed by atoms with E-state index in [0.29, 0.717) is 18.6 Å². The van der Waals surface area contributed by atoms with Crippen LogP contribution in [0.5, 0.6) is 5.75 Å². The molecule has 2 aromatic rings. The summed E-state index contributed by atoms with van der Waals surface area (Å²) in [6.07, 6.45) is 4.83. The van der Waals surface area contributed by atoms with E-state index < -0.39 is 0 Å². The third-order valence-corrected chi connectivity index (χ3v) is 4.39. The standard InChI is InChI=1S/C19H23NO/c20-19-8-4-7-17(19)13-15-9-11-18(12-10-15)21-14-16-5-2-1-3-6-16/h1-3,5-6,9-12,17,19H,4,7-8,13-14,20H2/t17-,19-/m1/s1. The molecule has 0 aromatic heterocycles. The Hall–Kier alpha value is -1.80. The molecule has 0 saturated heterocycles. The van der Waals surface area contributed by atoms with Gasteiger partial charge in [0.2, 0.25) is 0 Å². The lowest BCUT2D eigenvalue weighted by atomic mass is 9.95. The fourth-order valence-electron chi connectivity index (χ4n) is 3.08. The topological polar surface area (TPSA) is 35.2 Å². The van der Waals surface area contributed by atoms with E-state index in [1.807, 2.05) is 18.2 Å². The molecule has 0 heterocycles. The summed E-state index contributed by atoms with van der Waals surface area (Å²) >= 11 is 0. The van der Waals surface area contributed by atoms with Crippen LogP contribution in [0.25, 0.3) is 0 Å². The normalized spacial score (nSPS) is 21.4. The predicted molar refractivity (Wildman–Crippen MR) is 86.2 cm³/mol. The fraction of sp³-hybridized carbons (Fsp3) is 0.368. The second-order valence-electron chi connectivity index (χ2n) is 5.98. The van der Waals surface area contributed by atoms with Gasteiger partial charge in [0.05, 0.1) is 0 Å². The zero-order valence-corrected chi connectivity index (χ0v) is 12.4. The van der Waals surface area contributed by atoms with Crippen molar-refractivity contribution in [2.45, 2.75) is 38.3 Å². The molecule has 0 unspecified atom stereocenters. The van der Waals surface area contributed by atoms with Crippen molar-refractivity contribution < 1.29 is 4.74 Å². The van der Waals surface area contributed by atoms with Gasteiger partial charge in [-0.05, 0) is 48.4 Å². The SMILES string of the molecule is N[C@@H]1CCC[C@@H]1Cc1ccc(OCc2ccccc2)cc1. The molecule has 2 N–H and O–H groups in total. The predicted octanol–water partition coefficient (Wildman–Crippen LogP) is 3.94. The molecule has 1 saturated carbocycles. The molecule has 0 spiro atoms. The fourth-order valence-corrected chi connectivity index (χ4v) is 3.08. The Kier molecular flexibility index (Phi) is 4.56. The second kappa shape index (κ2) is 6.77. The molecular weight excluding hydrogens is 258 g/mol. The van der Waals surface area contributed by atoms with E-state index in [2.05, 4.69) is 36.4 Å². The summed E-state index contributed by atoms with van der Waals surface area (Å²) in [5.74, 6) is 1.58. The maximum Gasteiger partial charge on any atom is 0.119 e. The lowest BCUT2D eigenvalue weighted by molar-refractivity contribution is 0.306. The highest BCUT2D eigenvalue weighted by molar-refractivity contribution is 5.28. The highest BCUT2D eigenvalue weighted by Gasteiger charge is 2.23. The number of rotatable bonds is 5. The van der Waals surface area contributed by atoms with Crippen LogP contribution in [0.3, 0.4) is 0 Å². The highest BCUT2D eigenvalue weighted by atomic mass is 16.5. The molecule has 21 heavy (non-hydrogen) atoms. The van der Waals surface area contributed by atoms with Gasteiger partial charge in [-0.15, -0.1) is 0 Å². The molecule has 0 aliphatic heterocycles. The van der Waals surface area contributed by atoms with Crippen LogP contribution in [0, 0.1) is 5.92 Å². The molecule has 1 aliphatic carbocycles. The number of hydrogen-bond acceptors (Lipinski definition) is 2. The first kappa shape index (κ1) is 14.2. The van der Waals surface area contributed by atoms with Gasteiger partial charge in [-0.2, -0.15) is 0 Å². The van der Waals surface area contributed by atoms with E-state index in [0.717, 1.165) is 12.2 Å². The van der Waals surface area contributed by atoms with Crippen LogP contribution in [-0.2, 0) is 13.0 Å². The third-order valence-electron chi connectivity index (χ3n) is 4.39. The number of nitrogens with two attached hydrogens (primary N) is 1. The van der Waals surface area contributed by atoms with E-state index in [-0.39, 0.29) is 0 Å². The van der Waals surface area contributed by atoms with Gasteiger partial charge in [-0.1, -0.05) is 48.9 Å². The smallest absolute Gasteiger partial charge is 0.119 e. The maximum absolute atomic E-state index is 6.14. The van der Waals surface area contributed by atoms with Gasteiger partial charge in [0.1, 0.15) is 12.4 Å². The monoisotopic (exact) mass is 281 g/mol. The number of benzene rings is 2. The largest absolute Gasteiger partial charge is 0.489 e. The Labute approximate surface area is 126 Å². The lowest BCUT2D eigenvalue weighted by Gasteiger charge is -2.15. The Balaban J connectivity index is 1.54.